The highest BCUT2D eigenvalue weighted by Gasteiger charge is 2.16. The Hall–Kier alpha value is -0.120. The third-order valence-corrected chi connectivity index (χ3v) is 4.04. The zero-order valence-electron chi connectivity index (χ0n) is 14.3. The summed E-state index contributed by atoms with van der Waals surface area (Å²) >= 11 is 0. The highest BCUT2D eigenvalue weighted by molar-refractivity contribution is 4.72. The van der Waals surface area contributed by atoms with Gasteiger partial charge in [0.05, 0.1) is 0 Å². The van der Waals surface area contributed by atoms with Crippen molar-refractivity contribution >= 4 is 0 Å². The zero-order valence-corrected chi connectivity index (χ0v) is 14.3. The van der Waals surface area contributed by atoms with E-state index in [2.05, 4.69) is 42.8 Å². The molecule has 0 amide bonds. The number of hydrogen-bond acceptors (Lipinski definition) is 3. The second-order valence-electron chi connectivity index (χ2n) is 7.06. The Morgan fingerprint density at radius 2 is 1.40 bits per heavy atom. The fourth-order valence-electron chi connectivity index (χ4n) is 2.92. The van der Waals surface area contributed by atoms with E-state index in [1.807, 2.05) is 0 Å². The predicted octanol–water partition coefficient (Wildman–Crippen LogP) is 2.82. The first-order chi connectivity index (χ1) is 9.58. The van der Waals surface area contributed by atoms with Gasteiger partial charge in [0.2, 0.25) is 0 Å². The quantitative estimate of drug-likeness (QED) is 0.622. The molecule has 0 saturated carbocycles. The van der Waals surface area contributed by atoms with Crippen LogP contribution in [0.25, 0.3) is 0 Å². The van der Waals surface area contributed by atoms with E-state index in [-0.39, 0.29) is 0 Å². The van der Waals surface area contributed by atoms with Crippen molar-refractivity contribution in [3.05, 3.63) is 0 Å². The van der Waals surface area contributed by atoms with Gasteiger partial charge in [0.1, 0.15) is 0 Å². The molecule has 1 fully saturated rings. The van der Waals surface area contributed by atoms with Crippen molar-refractivity contribution in [1.29, 1.82) is 0 Å². The first-order valence-electron chi connectivity index (χ1n) is 8.76. The van der Waals surface area contributed by atoms with Crippen LogP contribution in [0.2, 0.25) is 0 Å². The average molecular weight is 284 g/mol. The zero-order chi connectivity index (χ0) is 14.8. The van der Waals surface area contributed by atoms with Gasteiger partial charge in [-0.3, -0.25) is 0 Å². The summed E-state index contributed by atoms with van der Waals surface area (Å²) < 4.78 is 0. The summed E-state index contributed by atoms with van der Waals surface area (Å²) in [4.78, 5) is 5.28. The van der Waals surface area contributed by atoms with Crippen molar-refractivity contribution < 1.29 is 0 Å². The monoisotopic (exact) mass is 283 g/mol. The fourth-order valence-corrected chi connectivity index (χ4v) is 2.92. The third kappa shape index (κ3) is 8.93. The van der Waals surface area contributed by atoms with Crippen LogP contribution in [0.4, 0.5) is 0 Å². The topological polar surface area (TPSA) is 18.5 Å². The molecule has 0 aromatic carbocycles. The molecule has 1 aliphatic heterocycles. The maximum absolute atomic E-state index is 3.49. The number of piperazine rings is 1. The van der Waals surface area contributed by atoms with Gasteiger partial charge in [-0.1, -0.05) is 40.5 Å². The molecular weight excluding hydrogens is 246 g/mol. The van der Waals surface area contributed by atoms with Crippen LogP contribution in [0.5, 0.6) is 0 Å². The summed E-state index contributed by atoms with van der Waals surface area (Å²) in [7, 11) is 0. The van der Waals surface area contributed by atoms with Gasteiger partial charge in [0, 0.05) is 38.8 Å². The minimum Gasteiger partial charge on any atom is -0.315 e. The van der Waals surface area contributed by atoms with Crippen molar-refractivity contribution in [2.45, 2.75) is 59.4 Å². The highest BCUT2D eigenvalue weighted by Crippen LogP contribution is 2.07. The molecule has 20 heavy (non-hydrogen) atoms. The molecule has 1 N–H and O–H groups in total. The molecule has 0 spiro atoms. The average Bonchev–Trinajstić information content (AvgIpc) is 2.38. The maximum atomic E-state index is 3.49. The highest BCUT2D eigenvalue weighted by atomic mass is 15.3. The van der Waals surface area contributed by atoms with Gasteiger partial charge < -0.3 is 15.1 Å². The standard InChI is InChI=1S/C17H37N3/c1-16(2)15-20-13-11-19(12-14-20)10-8-6-5-7-9-18-17(3)4/h16-18H,5-15H2,1-4H3. The fraction of sp³-hybridized carbons (Fsp3) is 1.00. The molecule has 1 saturated heterocycles. The largest absolute Gasteiger partial charge is 0.315 e. The summed E-state index contributed by atoms with van der Waals surface area (Å²) in [5, 5.41) is 3.49. The van der Waals surface area contributed by atoms with Gasteiger partial charge in [-0.2, -0.15) is 0 Å². The molecule has 0 aromatic heterocycles. The predicted molar refractivity (Wildman–Crippen MR) is 89.3 cm³/mol. The van der Waals surface area contributed by atoms with E-state index < -0.39 is 0 Å². The Labute approximate surface area is 127 Å². The van der Waals surface area contributed by atoms with Crippen molar-refractivity contribution in [3.8, 4) is 0 Å². The van der Waals surface area contributed by atoms with Crippen molar-refractivity contribution in [3.63, 3.8) is 0 Å². The smallest absolute Gasteiger partial charge is 0.0110 e. The lowest BCUT2D eigenvalue weighted by atomic mass is 10.1. The van der Waals surface area contributed by atoms with E-state index >= 15 is 0 Å². The van der Waals surface area contributed by atoms with E-state index in [1.54, 1.807) is 0 Å². The Morgan fingerprint density at radius 3 is 2.00 bits per heavy atom. The SMILES string of the molecule is CC(C)CN1CCN(CCCCCCNC(C)C)CC1. The molecule has 0 radical (unpaired) electrons. The van der Waals surface area contributed by atoms with Crippen LogP contribution in [0.1, 0.15) is 53.4 Å². The minimum absolute atomic E-state index is 0.636. The Balaban J connectivity index is 1.91. The van der Waals surface area contributed by atoms with Crippen LogP contribution < -0.4 is 5.32 Å². The van der Waals surface area contributed by atoms with E-state index in [1.165, 1.54) is 71.5 Å². The van der Waals surface area contributed by atoms with Gasteiger partial charge >= 0.3 is 0 Å². The molecule has 1 rings (SSSR count). The van der Waals surface area contributed by atoms with Gasteiger partial charge in [-0.05, 0) is 31.8 Å². The normalized spacial score (nSPS) is 18.3. The number of nitrogens with zero attached hydrogens (tertiary/aromatic N) is 2. The second-order valence-corrected chi connectivity index (χ2v) is 7.06. The lowest BCUT2D eigenvalue weighted by molar-refractivity contribution is 0.121. The van der Waals surface area contributed by atoms with Gasteiger partial charge in [-0.15, -0.1) is 0 Å². The van der Waals surface area contributed by atoms with E-state index in [0.29, 0.717) is 6.04 Å². The molecule has 120 valence electrons. The second kappa shape index (κ2) is 10.6. The van der Waals surface area contributed by atoms with E-state index in [0.717, 1.165) is 5.92 Å². The lowest BCUT2D eigenvalue weighted by Crippen LogP contribution is -2.47. The van der Waals surface area contributed by atoms with Crippen LogP contribution in [0, 0.1) is 5.92 Å². The first-order valence-corrected chi connectivity index (χ1v) is 8.76. The summed E-state index contributed by atoms with van der Waals surface area (Å²) in [6.07, 6.45) is 5.49. The molecule has 3 heteroatoms. The van der Waals surface area contributed by atoms with Crippen molar-refractivity contribution in [2.75, 3.05) is 45.8 Å². The molecular formula is C17H37N3. The van der Waals surface area contributed by atoms with Gasteiger partial charge in [-0.25, -0.2) is 0 Å². The van der Waals surface area contributed by atoms with Crippen molar-refractivity contribution in [2.24, 2.45) is 5.92 Å². The number of unbranched alkanes of at least 4 members (excludes halogenated alkanes) is 3. The Morgan fingerprint density at radius 1 is 0.800 bits per heavy atom. The van der Waals surface area contributed by atoms with Crippen LogP contribution in [-0.2, 0) is 0 Å². The Kier molecular flexibility index (Phi) is 9.49. The number of hydrogen-bond donors (Lipinski definition) is 1. The molecule has 3 nitrogen and oxygen atoms in total. The van der Waals surface area contributed by atoms with Crippen LogP contribution in [0.15, 0.2) is 0 Å². The van der Waals surface area contributed by atoms with Crippen LogP contribution in [0.3, 0.4) is 0 Å². The van der Waals surface area contributed by atoms with E-state index in [9.17, 15) is 0 Å². The van der Waals surface area contributed by atoms with Crippen LogP contribution >= 0.6 is 0 Å². The first kappa shape index (κ1) is 17.9. The summed E-state index contributed by atoms with van der Waals surface area (Å²) in [6.45, 7) is 18.0. The summed E-state index contributed by atoms with van der Waals surface area (Å²) in [5.41, 5.74) is 0. The number of nitrogens with one attached hydrogen (secondary N) is 1. The van der Waals surface area contributed by atoms with E-state index in [4.69, 9.17) is 0 Å². The lowest BCUT2D eigenvalue weighted by Gasteiger charge is -2.35. The van der Waals surface area contributed by atoms with Gasteiger partial charge in [0.25, 0.3) is 0 Å². The van der Waals surface area contributed by atoms with Crippen LogP contribution in [-0.4, -0.2) is 61.7 Å². The third-order valence-electron chi connectivity index (χ3n) is 4.04. The molecule has 0 unspecified atom stereocenters. The minimum atomic E-state index is 0.636. The molecule has 0 atom stereocenters. The summed E-state index contributed by atoms with van der Waals surface area (Å²) in [5.74, 6) is 0.806. The molecule has 0 aromatic rings. The molecule has 0 aliphatic carbocycles. The maximum Gasteiger partial charge on any atom is 0.0110 e. The number of rotatable bonds is 10. The summed E-state index contributed by atoms with van der Waals surface area (Å²) in [6, 6.07) is 0.636. The van der Waals surface area contributed by atoms with Crippen molar-refractivity contribution in [1.82, 2.24) is 15.1 Å². The molecule has 1 heterocycles. The Bertz CT molecular complexity index is 220. The molecule has 1 aliphatic rings. The van der Waals surface area contributed by atoms with Gasteiger partial charge in [0.15, 0.2) is 0 Å². The molecule has 0 bridgehead atoms.